The number of pyridine rings is 1. The summed E-state index contributed by atoms with van der Waals surface area (Å²) in [7, 11) is 0. The summed E-state index contributed by atoms with van der Waals surface area (Å²) in [5.74, 6) is 2.51. The molecule has 8 aromatic carbocycles. The van der Waals surface area contributed by atoms with Gasteiger partial charge in [0.25, 0.3) is 0 Å². The Kier molecular flexibility index (Phi) is 11.5. The van der Waals surface area contributed by atoms with Crippen LogP contribution in [0, 0.1) is 3.80 Å². The van der Waals surface area contributed by atoms with E-state index in [9.17, 15) is 0 Å². The summed E-state index contributed by atoms with van der Waals surface area (Å²) in [6, 6.07) is 70.9. The molecule has 0 fully saturated rings. The normalized spacial score (nSPS) is 14.0. The quantitative estimate of drug-likeness (QED) is 0.152. The number of benzene rings is 8. The van der Waals surface area contributed by atoms with Crippen LogP contribution >= 0.6 is 0 Å². The van der Waals surface area contributed by atoms with E-state index in [1.54, 1.807) is 0 Å². The van der Waals surface area contributed by atoms with E-state index in [0.717, 1.165) is 56.8 Å². The molecule has 3 heterocycles. The standard InChI is InChI=1S/C66H58N4O.Pt/c1-65(2,3)49-35-36-67-63(40-49)70-59-34-30-48(44-19-10-7-11-20-44)37-57(59)53-33-32-52(42-62(53)70)71-51-31-29-47-25-18-28-58(54(47)41-51)68-43-69(61-27-17-16-26-60(61)68)64-55(45-21-12-8-13-22-45)38-50(66(4,5)6)39-56(64)46-23-14-9-15-24-46;/h7-17,19-24,26-27,29-42,58H,18,25,28H2,1-6H3;. The van der Waals surface area contributed by atoms with E-state index >= 15 is 0 Å². The number of hydrogen-bond acceptors (Lipinski definition) is 2. The molecule has 0 spiro atoms. The fraction of sp³-hybridized carbons (Fsp3) is 0.182. The van der Waals surface area contributed by atoms with Crippen molar-refractivity contribution in [3.8, 4) is 56.4 Å². The summed E-state index contributed by atoms with van der Waals surface area (Å²) in [5, 5.41) is 2.34. The molecular formula is C66H58N4OPt. The third-order valence-electron chi connectivity index (χ3n) is 14.7. The zero-order valence-electron chi connectivity index (χ0n) is 41.8. The monoisotopic (exact) mass is 1120 g/mol. The minimum absolute atomic E-state index is 0.0330. The van der Waals surface area contributed by atoms with Crippen LogP contribution in [0.1, 0.15) is 82.7 Å². The van der Waals surface area contributed by atoms with Crippen molar-refractivity contribution in [2.75, 3.05) is 0 Å². The number of aromatic nitrogens is 4. The van der Waals surface area contributed by atoms with Gasteiger partial charge in [-0.25, -0.2) is 4.98 Å². The fourth-order valence-electron chi connectivity index (χ4n) is 11.0. The number of fused-ring (bicyclic) bond motifs is 5. The molecule has 0 saturated carbocycles. The molecule has 0 bridgehead atoms. The van der Waals surface area contributed by atoms with Gasteiger partial charge in [-0.1, -0.05) is 57.2 Å². The maximum Gasteiger partial charge on any atom is -0.0149 e. The molecule has 5 nitrogen and oxygen atoms in total. The molecule has 72 heavy (non-hydrogen) atoms. The van der Waals surface area contributed by atoms with Crippen LogP contribution < -0.4 is 4.74 Å². The Labute approximate surface area is 433 Å². The average Bonchev–Trinajstić information content (AvgIpc) is 3.88. The van der Waals surface area contributed by atoms with Crippen LogP contribution in [0.5, 0.6) is 11.5 Å². The van der Waals surface area contributed by atoms with Gasteiger partial charge in [0.2, 0.25) is 0 Å². The Balaban J connectivity index is 0.995. The smallest absolute Gasteiger partial charge is 0.0149 e. The van der Waals surface area contributed by atoms with Crippen molar-refractivity contribution in [1.82, 2.24) is 18.7 Å². The van der Waals surface area contributed by atoms with Gasteiger partial charge in [0.1, 0.15) is 0 Å². The number of hydrogen-bond donors (Lipinski definition) is 0. The van der Waals surface area contributed by atoms with Gasteiger partial charge in [-0.3, -0.25) is 0 Å². The van der Waals surface area contributed by atoms with Gasteiger partial charge in [-0.2, -0.15) is 0 Å². The summed E-state index contributed by atoms with van der Waals surface area (Å²) in [4.78, 5) is 5.00. The summed E-state index contributed by atoms with van der Waals surface area (Å²) in [6.45, 7) is 13.7. The summed E-state index contributed by atoms with van der Waals surface area (Å²) in [6.07, 6.45) is 5.09. The van der Waals surface area contributed by atoms with Crippen LogP contribution in [-0.2, 0) is 36.6 Å². The second-order valence-corrected chi connectivity index (χ2v) is 22.5. The van der Waals surface area contributed by atoms with E-state index in [1.165, 1.54) is 77.7 Å². The van der Waals surface area contributed by atoms with Crippen molar-refractivity contribution < 1.29 is 24.1 Å². The summed E-state index contributed by atoms with van der Waals surface area (Å²) >= 11 is 2.62. The van der Waals surface area contributed by atoms with Gasteiger partial charge in [0, 0.05) is 6.20 Å². The second-order valence-electron chi connectivity index (χ2n) is 21.5. The van der Waals surface area contributed by atoms with Crippen molar-refractivity contribution in [3.63, 3.8) is 0 Å². The van der Waals surface area contributed by atoms with Crippen LogP contribution in [0.3, 0.4) is 0 Å². The number of nitrogens with zero attached hydrogens (tertiary/aromatic N) is 4. The molecule has 1 aliphatic rings. The van der Waals surface area contributed by atoms with Crippen molar-refractivity contribution >= 4 is 32.8 Å². The van der Waals surface area contributed by atoms with Gasteiger partial charge in [0.05, 0.1) is 0 Å². The molecule has 0 N–H and O–H groups in total. The van der Waals surface area contributed by atoms with Crippen molar-refractivity contribution in [3.05, 3.63) is 226 Å². The predicted molar refractivity (Wildman–Crippen MR) is 294 cm³/mol. The Bertz CT molecular complexity index is 3850. The van der Waals surface area contributed by atoms with E-state index in [2.05, 4.69) is 269 Å². The summed E-state index contributed by atoms with van der Waals surface area (Å²) < 4.78 is 15.6. The first-order valence-electron chi connectivity index (χ1n) is 25.3. The number of para-hydroxylation sites is 2. The molecule has 11 aromatic rings. The first kappa shape index (κ1) is 45.8. The van der Waals surface area contributed by atoms with E-state index in [4.69, 9.17) is 9.72 Å². The van der Waals surface area contributed by atoms with E-state index in [0.29, 0.717) is 0 Å². The topological polar surface area (TPSA) is 36.9 Å². The molecule has 6 heteroatoms. The van der Waals surface area contributed by atoms with Gasteiger partial charge in [-0.15, -0.1) is 0 Å². The van der Waals surface area contributed by atoms with E-state index < -0.39 is 0 Å². The molecule has 1 atom stereocenters. The first-order valence-corrected chi connectivity index (χ1v) is 26.4. The van der Waals surface area contributed by atoms with Crippen molar-refractivity contribution in [2.45, 2.75) is 77.7 Å². The molecule has 3 aromatic heterocycles. The SMILES string of the molecule is CC(C)(C)c1ccnc(-n2c3ccc(-c4ccccc4)cc3c3ccc(Oc4ccc5c(c4)C(n4[c](=[Pt])n(-c6c(-c7ccccc7)cc(C(C)(C)C)cc6-c6ccccc6)c6ccccc64)CCC5)cc32)c1. The maximum atomic E-state index is 7.01. The predicted octanol–water partition coefficient (Wildman–Crippen LogP) is 17.3. The molecule has 1 aliphatic carbocycles. The van der Waals surface area contributed by atoms with Gasteiger partial charge >= 0.3 is 321 Å². The van der Waals surface area contributed by atoms with Crippen LogP contribution in [0.15, 0.2) is 200 Å². The molecule has 0 aliphatic heterocycles. The Morgan fingerprint density at radius 1 is 0.500 bits per heavy atom. The molecule has 0 amide bonds. The first-order chi connectivity index (χ1) is 34.9. The number of ether oxygens (including phenoxy) is 1. The molecular weight excluding hydrogens is 1060 g/mol. The van der Waals surface area contributed by atoms with Gasteiger partial charge in [-0.05, 0) is 46.4 Å². The van der Waals surface area contributed by atoms with Crippen molar-refractivity contribution in [2.24, 2.45) is 0 Å². The number of rotatable bonds is 8. The fourth-order valence-corrected chi connectivity index (χ4v) is 12.1. The largest absolute Gasteiger partial charge is 0.0149 e. The van der Waals surface area contributed by atoms with Gasteiger partial charge < -0.3 is 0 Å². The van der Waals surface area contributed by atoms with E-state index in [1.807, 2.05) is 6.20 Å². The van der Waals surface area contributed by atoms with Crippen LogP contribution in [0.25, 0.3) is 77.7 Å². The van der Waals surface area contributed by atoms with Crippen LogP contribution in [0.2, 0.25) is 0 Å². The Hall–Kier alpha value is -7.33. The third kappa shape index (κ3) is 8.18. The zero-order chi connectivity index (χ0) is 49.3. The second kappa shape index (κ2) is 18.1. The van der Waals surface area contributed by atoms with E-state index in [-0.39, 0.29) is 16.9 Å². The minimum Gasteiger partial charge on any atom is -0.0149 e. The van der Waals surface area contributed by atoms with Gasteiger partial charge in [0.15, 0.2) is 0 Å². The summed E-state index contributed by atoms with van der Waals surface area (Å²) in [5.41, 5.74) is 18.1. The molecule has 0 radical (unpaired) electrons. The Morgan fingerprint density at radius 2 is 1.11 bits per heavy atom. The third-order valence-corrected chi connectivity index (χ3v) is 15.8. The van der Waals surface area contributed by atoms with Crippen LogP contribution in [0.4, 0.5) is 0 Å². The molecule has 358 valence electrons. The van der Waals surface area contributed by atoms with Crippen molar-refractivity contribution in [1.29, 1.82) is 0 Å². The average molecular weight is 1120 g/mol. The van der Waals surface area contributed by atoms with Crippen LogP contribution in [-0.4, -0.2) is 18.7 Å². The minimum atomic E-state index is -0.0604. The Morgan fingerprint density at radius 3 is 1.78 bits per heavy atom. The molecule has 1 unspecified atom stereocenters. The molecule has 0 saturated heterocycles. The molecule has 12 rings (SSSR count). The maximum absolute atomic E-state index is 7.01. The zero-order valence-corrected chi connectivity index (χ0v) is 44.0. The number of imidazole rings is 1. The number of aryl methyl sites for hydroxylation is 1.